The summed E-state index contributed by atoms with van der Waals surface area (Å²) >= 11 is 0. The van der Waals surface area contributed by atoms with Gasteiger partial charge in [0.1, 0.15) is 0 Å². The molecule has 0 N–H and O–H groups in total. The predicted molar refractivity (Wildman–Crippen MR) is 61.8 cm³/mol. The lowest BCUT2D eigenvalue weighted by atomic mass is 9.74. The van der Waals surface area contributed by atoms with Gasteiger partial charge in [-0.25, -0.2) is 0 Å². The minimum Gasteiger partial charge on any atom is -0.100 e. The summed E-state index contributed by atoms with van der Waals surface area (Å²) in [6, 6.07) is 0. The van der Waals surface area contributed by atoms with Gasteiger partial charge in [0.15, 0.2) is 0 Å². The Balaban J connectivity index is 4.62. The summed E-state index contributed by atoms with van der Waals surface area (Å²) in [4.78, 5) is 0. The first-order chi connectivity index (χ1) is 5.78. The van der Waals surface area contributed by atoms with Crippen molar-refractivity contribution in [1.29, 1.82) is 0 Å². The molecular formula is C13H22. The van der Waals surface area contributed by atoms with Crippen molar-refractivity contribution in [1.82, 2.24) is 0 Å². The molecule has 0 radical (unpaired) electrons. The Morgan fingerprint density at radius 1 is 0.923 bits per heavy atom. The maximum absolute atomic E-state index is 4.05. The van der Waals surface area contributed by atoms with Gasteiger partial charge in [0.25, 0.3) is 0 Å². The number of hydrogen-bond donors (Lipinski definition) is 0. The third kappa shape index (κ3) is 4.12. The molecule has 0 saturated carbocycles. The fourth-order valence-electron chi connectivity index (χ4n) is 1.70. The lowest BCUT2D eigenvalue weighted by molar-refractivity contribution is 0.391. The zero-order chi connectivity index (χ0) is 10.6. The van der Waals surface area contributed by atoms with Crippen molar-refractivity contribution in [2.24, 2.45) is 5.41 Å². The third-order valence-electron chi connectivity index (χ3n) is 2.41. The van der Waals surface area contributed by atoms with Crippen molar-refractivity contribution in [2.45, 2.75) is 40.5 Å². The van der Waals surface area contributed by atoms with Crippen LogP contribution < -0.4 is 0 Å². The number of hydrogen-bond acceptors (Lipinski definition) is 0. The molecule has 0 aliphatic heterocycles. The van der Waals surface area contributed by atoms with Gasteiger partial charge in [-0.3, -0.25) is 0 Å². The topological polar surface area (TPSA) is 0 Å². The molecular weight excluding hydrogens is 156 g/mol. The fraction of sp³-hybridized carbons (Fsp3) is 0.538. The second kappa shape index (κ2) is 4.45. The van der Waals surface area contributed by atoms with E-state index in [9.17, 15) is 0 Å². The van der Waals surface area contributed by atoms with Crippen LogP contribution in [0.4, 0.5) is 0 Å². The normalized spacial score (nSPS) is 11.1. The summed E-state index contributed by atoms with van der Waals surface area (Å²) in [7, 11) is 0. The van der Waals surface area contributed by atoms with Gasteiger partial charge in [-0.1, -0.05) is 30.2 Å². The maximum atomic E-state index is 4.05. The van der Waals surface area contributed by atoms with Gasteiger partial charge in [0, 0.05) is 0 Å². The van der Waals surface area contributed by atoms with E-state index in [4.69, 9.17) is 0 Å². The molecule has 0 aromatic rings. The van der Waals surface area contributed by atoms with Crippen LogP contribution in [0.25, 0.3) is 0 Å². The van der Waals surface area contributed by atoms with E-state index in [1.54, 1.807) is 0 Å². The van der Waals surface area contributed by atoms with Crippen LogP contribution in [0.5, 0.6) is 0 Å². The summed E-state index contributed by atoms with van der Waals surface area (Å²) in [5.41, 5.74) is 3.80. The van der Waals surface area contributed by atoms with Gasteiger partial charge in [0.05, 0.1) is 0 Å². The van der Waals surface area contributed by atoms with Gasteiger partial charge in [-0.05, 0) is 39.0 Å². The van der Waals surface area contributed by atoms with E-state index in [-0.39, 0.29) is 5.41 Å². The number of allylic oxidation sites excluding steroid dienone is 3. The summed E-state index contributed by atoms with van der Waals surface area (Å²) in [5.74, 6) is 0. The van der Waals surface area contributed by atoms with E-state index in [1.165, 1.54) is 16.7 Å². The van der Waals surface area contributed by atoms with Crippen molar-refractivity contribution in [2.75, 3.05) is 0 Å². The molecule has 0 heteroatoms. The van der Waals surface area contributed by atoms with Crippen molar-refractivity contribution < 1.29 is 0 Å². The largest absolute Gasteiger partial charge is 0.100 e. The Morgan fingerprint density at radius 3 is 1.38 bits per heavy atom. The highest BCUT2D eigenvalue weighted by molar-refractivity contribution is 5.15. The molecule has 0 saturated heterocycles. The Kier molecular flexibility index (Phi) is 4.19. The lowest BCUT2D eigenvalue weighted by Gasteiger charge is -2.31. The van der Waals surface area contributed by atoms with Gasteiger partial charge in [-0.15, -0.1) is 13.2 Å². The standard InChI is InChI=1S/C13H22/c1-10(2)8-13(7,12(5)6)9-11(3)4/h1,3,5,8-9H2,2,4,6-7H3. The fourth-order valence-corrected chi connectivity index (χ4v) is 1.70. The maximum Gasteiger partial charge on any atom is -0.00480 e. The van der Waals surface area contributed by atoms with Crippen molar-refractivity contribution in [3.05, 3.63) is 36.5 Å². The van der Waals surface area contributed by atoms with Gasteiger partial charge in [-0.2, -0.15) is 0 Å². The van der Waals surface area contributed by atoms with Crippen LogP contribution >= 0.6 is 0 Å². The Bertz CT molecular complexity index is 214. The molecule has 0 amide bonds. The van der Waals surface area contributed by atoms with Crippen molar-refractivity contribution in [3.8, 4) is 0 Å². The molecule has 0 fully saturated rings. The average Bonchev–Trinajstić information content (AvgIpc) is 1.82. The molecule has 13 heavy (non-hydrogen) atoms. The van der Waals surface area contributed by atoms with E-state index in [0.29, 0.717) is 0 Å². The Morgan fingerprint density at radius 2 is 1.23 bits per heavy atom. The van der Waals surface area contributed by atoms with Crippen LogP contribution in [0.15, 0.2) is 36.5 Å². The SMILES string of the molecule is C=C(C)CC(C)(CC(=C)C)C(=C)C. The van der Waals surface area contributed by atoms with Crippen LogP contribution in [0, 0.1) is 5.41 Å². The first kappa shape index (κ1) is 12.2. The first-order valence-electron chi connectivity index (χ1n) is 4.72. The first-order valence-corrected chi connectivity index (χ1v) is 4.72. The number of rotatable bonds is 5. The zero-order valence-corrected chi connectivity index (χ0v) is 9.54. The third-order valence-corrected chi connectivity index (χ3v) is 2.41. The van der Waals surface area contributed by atoms with Gasteiger partial charge >= 0.3 is 0 Å². The molecule has 0 aliphatic carbocycles. The van der Waals surface area contributed by atoms with Crippen LogP contribution in [0.1, 0.15) is 40.5 Å². The van der Waals surface area contributed by atoms with Crippen LogP contribution in [-0.2, 0) is 0 Å². The minimum absolute atomic E-state index is 0.150. The highest BCUT2D eigenvalue weighted by Crippen LogP contribution is 2.38. The van der Waals surface area contributed by atoms with E-state index < -0.39 is 0 Å². The quantitative estimate of drug-likeness (QED) is 0.544. The van der Waals surface area contributed by atoms with Crippen LogP contribution in [0.2, 0.25) is 0 Å². The summed E-state index contributed by atoms with van der Waals surface area (Å²) in [6.07, 6.45) is 2.02. The predicted octanol–water partition coefficient (Wildman–Crippen LogP) is 4.50. The molecule has 0 rings (SSSR count). The molecule has 0 aliphatic rings. The molecule has 0 aromatic heterocycles. The van der Waals surface area contributed by atoms with E-state index in [1.807, 2.05) is 0 Å². The van der Waals surface area contributed by atoms with E-state index in [2.05, 4.69) is 47.4 Å². The summed E-state index contributed by atoms with van der Waals surface area (Å²) in [6.45, 7) is 20.4. The molecule has 0 atom stereocenters. The highest BCUT2D eigenvalue weighted by Gasteiger charge is 2.24. The molecule has 0 nitrogen and oxygen atoms in total. The second-order valence-corrected chi connectivity index (χ2v) is 4.61. The summed E-state index contributed by atoms with van der Waals surface area (Å²) < 4.78 is 0. The monoisotopic (exact) mass is 178 g/mol. The van der Waals surface area contributed by atoms with Crippen LogP contribution in [-0.4, -0.2) is 0 Å². The second-order valence-electron chi connectivity index (χ2n) is 4.61. The molecule has 0 aromatic carbocycles. The minimum atomic E-state index is 0.150. The summed E-state index contributed by atoms with van der Waals surface area (Å²) in [5, 5.41) is 0. The van der Waals surface area contributed by atoms with E-state index >= 15 is 0 Å². The Hall–Kier alpha value is -0.780. The smallest absolute Gasteiger partial charge is 0.00480 e. The molecule has 0 spiro atoms. The average molecular weight is 178 g/mol. The van der Waals surface area contributed by atoms with Crippen molar-refractivity contribution in [3.63, 3.8) is 0 Å². The van der Waals surface area contributed by atoms with Crippen molar-refractivity contribution >= 4 is 0 Å². The van der Waals surface area contributed by atoms with E-state index in [0.717, 1.165) is 12.8 Å². The Labute approximate surface area is 83.0 Å². The zero-order valence-electron chi connectivity index (χ0n) is 9.54. The molecule has 0 bridgehead atoms. The molecule has 0 unspecified atom stereocenters. The highest BCUT2D eigenvalue weighted by atomic mass is 14.3. The van der Waals surface area contributed by atoms with Crippen LogP contribution in [0.3, 0.4) is 0 Å². The van der Waals surface area contributed by atoms with Gasteiger partial charge in [0.2, 0.25) is 0 Å². The molecule has 74 valence electrons. The molecule has 0 heterocycles. The van der Waals surface area contributed by atoms with Gasteiger partial charge < -0.3 is 0 Å². The lowest BCUT2D eigenvalue weighted by Crippen LogP contribution is -2.18.